The normalized spacial score (nSPS) is 13.7. The summed E-state index contributed by atoms with van der Waals surface area (Å²) >= 11 is 0. The van der Waals surface area contributed by atoms with Crippen molar-refractivity contribution >= 4 is 23.2 Å². The van der Waals surface area contributed by atoms with E-state index in [1.165, 1.54) is 22.3 Å². The molecule has 0 aliphatic heterocycles. The van der Waals surface area contributed by atoms with Gasteiger partial charge in [0.05, 0.1) is 5.41 Å². The molecule has 6 aromatic rings. The second kappa shape index (κ2) is 13.5. The monoisotopic (exact) mass is 644 g/mol. The number of amides is 2. The molecule has 0 spiro atoms. The van der Waals surface area contributed by atoms with Crippen LogP contribution < -0.4 is 20.1 Å². The lowest BCUT2D eigenvalue weighted by Crippen LogP contribution is -2.31. The second-order valence-corrected chi connectivity index (χ2v) is 12.1. The van der Waals surface area contributed by atoms with E-state index in [1.54, 1.807) is 13.8 Å². The third-order valence-corrected chi connectivity index (χ3v) is 8.97. The first-order valence-electron chi connectivity index (χ1n) is 16.4. The van der Waals surface area contributed by atoms with Crippen LogP contribution in [0.4, 0.5) is 11.4 Å². The van der Waals surface area contributed by atoms with E-state index in [1.807, 2.05) is 84.9 Å². The summed E-state index contributed by atoms with van der Waals surface area (Å²) in [4.78, 5) is 26.1. The fourth-order valence-electron chi connectivity index (χ4n) is 6.63. The zero-order chi connectivity index (χ0) is 33.8. The van der Waals surface area contributed by atoms with Crippen molar-refractivity contribution in [3.8, 4) is 22.6 Å². The van der Waals surface area contributed by atoms with Gasteiger partial charge in [0.1, 0.15) is 11.5 Å². The van der Waals surface area contributed by atoms with Gasteiger partial charge in [-0.3, -0.25) is 9.59 Å². The molecule has 2 atom stereocenters. The molecule has 0 fully saturated rings. The Morgan fingerprint density at radius 1 is 0.469 bits per heavy atom. The number of carbonyl (C=O) groups is 2. The van der Waals surface area contributed by atoms with E-state index in [9.17, 15) is 9.59 Å². The Labute approximate surface area is 286 Å². The van der Waals surface area contributed by atoms with E-state index >= 15 is 0 Å². The summed E-state index contributed by atoms with van der Waals surface area (Å²) in [6.07, 6.45) is -1.34. The number of rotatable bonds is 10. The standard InChI is InChI=1S/C43H36N2O4/c1-29(48-35-13-5-3-6-14-35)41(46)44-33-25-21-31(22-26-33)43(39-19-11-9-17-37(39)38-18-10-12-20-40(38)43)32-23-27-34(28-24-32)45-42(47)30(2)49-36-15-7-4-8-16-36/h3-30H,1-2H3,(H,44,46)(H,45,47)/t29-,30+. The molecule has 0 radical (unpaired) electrons. The third-order valence-electron chi connectivity index (χ3n) is 8.97. The molecule has 1 aliphatic rings. The van der Waals surface area contributed by atoms with E-state index in [4.69, 9.17) is 9.47 Å². The van der Waals surface area contributed by atoms with E-state index < -0.39 is 17.6 Å². The second-order valence-electron chi connectivity index (χ2n) is 12.1. The number of anilines is 2. The van der Waals surface area contributed by atoms with Crippen LogP contribution in [0.1, 0.15) is 36.1 Å². The Morgan fingerprint density at radius 2 is 0.816 bits per heavy atom. The lowest BCUT2D eigenvalue weighted by molar-refractivity contribution is -0.122. The first-order valence-corrected chi connectivity index (χ1v) is 16.4. The van der Waals surface area contributed by atoms with Crippen LogP contribution in [0.5, 0.6) is 11.5 Å². The topological polar surface area (TPSA) is 76.7 Å². The number of ether oxygens (including phenoxy) is 2. The van der Waals surface area contributed by atoms with Crippen molar-refractivity contribution in [2.45, 2.75) is 31.5 Å². The maximum Gasteiger partial charge on any atom is 0.265 e. The predicted molar refractivity (Wildman–Crippen MR) is 194 cm³/mol. The summed E-state index contributed by atoms with van der Waals surface area (Å²) in [5.41, 5.74) is 7.51. The van der Waals surface area contributed by atoms with Gasteiger partial charge in [0, 0.05) is 11.4 Å². The van der Waals surface area contributed by atoms with Crippen molar-refractivity contribution in [2.24, 2.45) is 0 Å². The van der Waals surface area contributed by atoms with E-state index in [0.29, 0.717) is 22.9 Å². The molecule has 0 aromatic heterocycles. The van der Waals surface area contributed by atoms with Crippen molar-refractivity contribution in [3.05, 3.63) is 180 Å². The minimum Gasteiger partial charge on any atom is -0.481 e. The zero-order valence-electron chi connectivity index (χ0n) is 27.3. The summed E-state index contributed by atoms with van der Waals surface area (Å²) in [5.74, 6) is 0.816. The van der Waals surface area contributed by atoms with Crippen LogP contribution in [0.2, 0.25) is 0 Å². The van der Waals surface area contributed by atoms with Gasteiger partial charge in [-0.25, -0.2) is 0 Å². The quantitative estimate of drug-likeness (QED) is 0.156. The van der Waals surface area contributed by atoms with Gasteiger partial charge in [-0.2, -0.15) is 0 Å². The first kappa shape index (κ1) is 31.5. The summed E-state index contributed by atoms with van der Waals surface area (Å²) in [5, 5.41) is 6.01. The van der Waals surface area contributed by atoms with Crippen LogP contribution in [0.15, 0.2) is 158 Å². The van der Waals surface area contributed by atoms with Gasteiger partial charge in [0.25, 0.3) is 11.8 Å². The number of para-hydroxylation sites is 2. The lowest BCUT2D eigenvalue weighted by atomic mass is 9.67. The zero-order valence-corrected chi connectivity index (χ0v) is 27.3. The SMILES string of the molecule is C[C@H](Oc1ccccc1)C(=O)Nc1ccc(C2(c3ccc(NC(=O)[C@@H](C)Oc4ccccc4)cc3)c3ccccc3-c3ccccc32)cc1. The largest absolute Gasteiger partial charge is 0.481 e. The minimum absolute atomic E-state index is 0.232. The first-order chi connectivity index (χ1) is 23.9. The predicted octanol–water partition coefficient (Wildman–Crippen LogP) is 8.86. The summed E-state index contributed by atoms with van der Waals surface area (Å²) < 4.78 is 11.7. The molecule has 6 heteroatoms. The molecule has 49 heavy (non-hydrogen) atoms. The van der Waals surface area contributed by atoms with Crippen LogP contribution in [0.25, 0.3) is 11.1 Å². The minimum atomic E-state index is -0.672. The number of nitrogens with one attached hydrogen (secondary N) is 2. The highest BCUT2D eigenvalue weighted by Gasteiger charge is 2.45. The molecule has 0 unspecified atom stereocenters. The molecule has 0 bridgehead atoms. The maximum absolute atomic E-state index is 13.0. The van der Waals surface area contributed by atoms with Crippen LogP contribution in [0, 0.1) is 0 Å². The highest BCUT2D eigenvalue weighted by atomic mass is 16.5. The fraction of sp³-hybridized carbons (Fsp3) is 0.116. The summed E-state index contributed by atoms with van der Waals surface area (Å²) in [6, 6.07) is 51.7. The molecule has 7 rings (SSSR count). The number of carbonyl (C=O) groups excluding carboxylic acids is 2. The van der Waals surface area contributed by atoms with Crippen LogP contribution in [0.3, 0.4) is 0 Å². The van der Waals surface area contributed by atoms with Crippen LogP contribution >= 0.6 is 0 Å². The van der Waals surface area contributed by atoms with Gasteiger partial charge in [0.15, 0.2) is 12.2 Å². The maximum atomic E-state index is 13.0. The smallest absolute Gasteiger partial charge is 0.265 e. The number of hydrogen-bond donors (Lipinski definition) is 2. The Hall–Kier alpha value is -6.14. The van der Waals surface area contributed by atoms with E-state index in [-0.39, 0.29) is 11.8 Å². The summed E-state index contributed by atoms with van der Waals surface area (Å²) in [7, 11) is 0. The number of fused-ring (bicyclic) bond motifs is 3. The molecular formula is C43H36N2O4. The molecule has 2 N–H and O–H groups in total. The van der Waals surface area contributed by atoms with Crippen molar-refractivity contribution in [1.29, 1.82) is 0 Å². The van der Waals surface area contributed by atoms with Gasteiger partial charge >= 0.3 is 0 Å². The van der Waals surface area contributed by atoms with Crippen LogP contribution in [-0.2, 0) is 15.0 Å². The van der Waals surface area contributed by atoms with Crippen molar-refractivity contribution in [1.82, 2.24) is 0 Å². The summed E-state index contributed by atoms with van der Waals surface area (Å²) in [6.45, 7) is 3.47. The highest BCUT2D eigenvalue weighted by Crippen LogP contribution is 2.56. The van der Waals surface area contributed by atoms with Crippen molar-refractivity contribution < 1.29 is 19.1 Å². The molecule has 0 heterocycles. The van der Waals surface area contributed by atoms with Gasteiger partial charge in [-0.1, -0.05) is 109 Å². The fourth-order valence-corrected chi connectivity index (χ4v) is 6.63. The Balaban J connectivity index is 1.19. The Bertz CT molecular complexity index is 1930. The number of hydrogen-bond acceptors (Lipinski definition) is 4. The molecule has 6 nitrogen and oxygen atoms in total. The lowest BCUT2D eigenvalue weighted by Gasteiger charge is -2.34. The molecule has 6 aromatic carbocycles. The van der Waals surface area contributed by atoms with Gasteiger partial charge in [-0.05, 0) is 95.8 Å². The molecule has 1 aliphatic carbocycles. The van der Waals surface area contributed by atoms with Crippen LogP contribution in [-0.4, -0.2) is 24.0 Å². The van der Waals surface area contributed by atoms with E-state index in [0.717, 1.165) is 11.1 Å². The Morgan fingerprint density at radius 3 is 1.20 bits per heavy atom. The van der Waals surface area contributed by atoms with Gasteiger partial charge in [0.2, 0.25) is 0 Å². The average Bonchev–Trinajstić information content (AvgIpc) is 3.44. The molecule has 0 saturated carbocycles. The molecule has 0 saturated heterocycles. The molecule has 242 valence electrons. The van der Waals surface area contributed by atoms with Crippen molar-refractivity contribution in [2.75, 3.05) is 10.6 Å². The van der Waals surface area contributed by atoms with E-state index in [2.05, 4.69) is 83.4 Å². The number of benzene rings is 6. The molecular weight excluding hydrogens is 608 g/mol. The highest BCUT2D eigenvalue weighted by molar-refractivity contribution is 5.95. The van der Waals surface area contributed by atoms with Gasteiger partial charge < -0.3 is 20.1 Å². The molecule has 2 amide bonds. The van der Waals surface area contributed by atoms with Gasteiger partial charge in [-0.15, -0.1) is 0 Å². The average molecular weight is 645 g/mol. The Kier molecular flexibility index (Phi) is 8.69. The van der Waals surface area contributed by atoms with Crippen molar-refractivity contribution in [3.63, 3.8) is 0 Å². The third kappa shape index (κ3) is 6.17.